The van der Waals surface area contributed by atoms with Gasteiger partial charge >= 0.3 is 0 Å². The summed E-state index contributed by atoms with van der Waals surface area (Å²) >= 11 is 6.02. The predicted octanol–water partition coefficient (Wildman–Crippen LogP) is 6.07. The van der Waals surface area contributed by atoms with E-state index in [1.165, 1.54) is 0 Å². The van der Waals surface area contributed by atoms with Crippen molar-refractivity contribution in [1.29, 1.82) is 0 Å². The average Bonchev–Trinajstić information content (AvgIpc) is 2.67. The molecule has 0 aliphatic heterocycles. The van der Waals surface area contributed by atoms with Gasteiger partial charge in [0.05, 0.1) is 12.3 Å². The van der Waals surface area contributed by atoms with Crippen molar-refractivity contribution in [2.24, 2.45) is 4.99 Å². The van der Waals surface area contributed by atoms with Crippen molar-refractivity contribution in [3.8, 4) is 11.5 Å². The topological polar surface area (TPSA) is 30.8 Å². The number of para-hydroxylation sites is 1. The summed E-state index contributed by atoms with van der Waals surface area (Å²) in [6.45, 7) is 3.07. The Kier molecular flexibility index (Phi) is 6.29. The van der Waals surface area contributed by atoms with Gasteiger partial charge in [-0.25, -0.2) is 0 Å². The number of hydrogen-bond acceptors (Lipinski definition) is 3. The highest BCUT2D eigenvalue weighted by Crippen LogP contribution is 2.21. The lowest BCUT2D eigenvalue weighted by Crippen LogP contribution is -1.98. The summed E-state index contributed by atoms with van der Waals surface area (Å²) in [5.41, 5.74) is 2.80. The molecule has 3 aromatic rings. The molecule has 3 rings (SSSR count). The molecule has 0 radical (unpaired) electrons. The first kappa shape index (κ1) is 18.0. The number of halogens is 1. The van der Waals surface area contributed by atoms with Crippen molar-refractivity contribution in [3.63, 3.8) is 0 Å². The Morgan fingerprint density at radius 1 is 0.923 bits per heavy atom. The molecular formula is C22H20ClNO2. The molecule has 0 saturated carbocycles. The van der Waals surface area contributed by atoms with E-state index in [0.29, 0.717) is 18.2 Å². The van der Waals surface area contributed by atoms with E-state index in [4.69, 9.17) is 21.1 Å². The molecule has 0 unspecified atom stereocenters. The first-order valence-electron chi connectivity index (χ1n) is 8.48. The van der Waals surface area contributed by atoms with E-state index in [1.807, 2.05) is 85.9 Å². The lowest BCUT2D eigenvalue weighted by Gasteiger charge is -2.09. The van der Waals surface area contributed by atoms with Crippen LogP contribution in [0.3, 0.4) is 0 Å². The largest absolute Gasteiger partial charge is 0.494 e. The molecule has 3 aromatic carbocycles. The Morgan fingerprint density at radius 2 is 1.73 bits per heavy atom. The Bertz CT molecular complexity index is 875. The molecule has 0 heterocycles. The monoisotopic (exact) mass is 365 g/mol. The Morgan fingerprint density at radius 3 is 2.50 bits per heavy atom. The molecule has 0 aromatic heterocycles. The fourth-order valence-corrected chi connectivity index (χ4v) is 2.66. The van der Waals surface area contributed by atoms with Gasteiger partial charge in [0.2, 0.25) is 0 Å². The molecule has 0 aliphatic rings. The second kappa shape index (κ2) is 9.07. The first-order chi connectivity index (χ1) is 12.7. The van der Waals surface area contributed by atoms with E-state index in [1.54, 1.807) is 0 Å². The van der Waals surface area contributed by atoms with Gasteiger partial charge in [0, 0.05) is 16.8 Å². The molecule has 4 heteroatoms. The maximum absolute atomic E-state index is 6.02. The van der Waals surface area contributed by atoms with Crippen LogP contribution in [0.4, 0.5) is 5.69 Å². The molecule has 132 valence electrons. The van der Waals surface area contributed by atoms with Gasteiger partial charge in [-0.2, -0.15) is 0 Å². The van der Waals surface area contributed by atoms with Gasteiger partial charge in [-0.15, -0.1) is 0 Å². The lowest BCUT2D eigenvalue weighted by molar-refractivity contribution is 0.306. The molecule has 0 N–H and O–H groups in total. The summed E-state index contributed by atoms with van der Waals surface area (Å²) in [5, 5.41) is 0.705. The third-order valence-electron chi connectivity index (χ3n) is 3.70. The zero-order chi connectivity index (χ0) is 18.2. The Hall–Kier alpha value is -2.78. The van der Waals surface area contributed by atoms with Crippen LogP contribution in [0.25, 0.3) is 0 Å². The van der Waals surface area contributed by atoms with Crippen LogP contribution in [0.1, 0.15) is 18.1 Å². The summed E-state index contributed by atoms with van der Waals surface area (Å²) in [5.74, 6) is 1.62. The van der Waals surface area contributed by atoms with Crippen molar-refractivity contribution in [2.45, 2.75) is 13.5 Å². The van der Waals surface area contributed by atoms with Gasteiger partial charge < -0.3 is 9.47 Å². The highest BCUT2D eigenvalue weighted by Gasteiger charge is 2.02. The number of ether oxygens (including phenoxy) is 2. The second-order valence-electron chi connectivity index (χ2n) is 5.64. The van der Waals surface area contributed by atoms with Gasteiger partial charge in [-0.05, 0) is 61.0 Å². The molecular weight excluding hydrogens is 346 g/mol. The highest BCUT2D eigenvalue weighted by molar-refractivity contribution is 6.30. The number of aliphatic imine (C=N–C) groups is 1. The second-order valence-corrected chi connectivity index (χ2v) is 6.08. The van der Waals surface area contributed by atoms with Gasteiger partial charge in [0.15, 0.2) is 0 Å². The van der Waals surface area contributed by atoms with E-state index in [-0.39, 0.29) is 0 Å². The fraction of sp³-hybridized carbons (Fsp3) is 0.136. The number of nitrogens with zero attached hydrogens (tertiary/aromatic N) is 1. The van der Waals surface area contributed by atoms with Crippen molar-refractivity contribution in [2.75, 3.05) is 6.61 Å². The number of hydrogen-bond donors (Lipinski definition) is 0. The van der Waals surface area contributed by atoms with E-state index in [9.17, 15) is 0 Å². The molecule has 26 heavy (non-hydrogen) atoms. The molecule has 0 bridgehead atoms. The van der Waals surface area contributed by atoms with Gasteiger partial charge in [-0.3, -0.25) is 4.99 Å². The predicted molar refractivity (Wildman–Crippen MR) is 107 cm³/mol. The normalized spacial score (nSPS) is 10.8. The van der Waals surface area contributed by atoms with Gasteiger partial charge in [0.25, 0.3) is 0 Å². The number of benzene rings is 3. The molecule has 0 atom stereocenters. The van der Waals surface area contributed by atoms with Gasteiger partial charge in [-0.1, -0.05) is 35.9 Å². The fourth-order valence-electron chi connectivity index (χ4n) is 2.45. The minimum Gasteiger partial charge on any atom is -0.494 e. The van der Waals surface area contributed by atoms with Crippen LogP contribution in [-0.2, 0) is 6.61 Å². The summed E-state index contributed by atoms with van der Waals surface area (Å²) in [6.07, 6.45) is 1.81. The van der Waals surface area contributed by atoms with Crippen LogP contribution in [-0.4, -0.2) is 12.8 Å². The first-order valence-corrected chi connectivity index (χ1v) is 8.85. The molecule has 0 fully saturated rings. The maximum atomic E-state index is 6.02. The molecule has 0 spiro atoms. The van der Waals surface area contributed by atoms with Crippen molar-refractivity contribution < 1.29 is 9.47 Å². The van der Waals surface area contributed by atoms with Crippen LogP contribution in [0.2, 0.25) is 5.02 Å². The minimum absolute atomic E-state index is 0.453. The Balaban J connectivity index is 1.70. The summed E-state index contributed by atoms with van der Waals surface area (Å²) < 4.78 is 11.4. The van der Waals surface area contributed by atoms with Crippen LogP contribution >= 0.6 is 11.6 Å². The van der Waals surface area contributed by atoms with E-state index in [0.717, 1.165) is 28.3 Å². The zero-order valence-corrected chi connectivity index (χ0v) is 15.3. The van der Waals surface area contributed by atoms with Crippen LogP contribution in [0.5, 0.6) is 11.5 Å². The van der Waals surface area contributed by atoms with Gasteiger partial charge in [0.1, 0.15) is 18.1 Å². The van der Waals surface area contributed by atoms with Crippen LogP contribution in [0.15, 0.2) is 77.8 Å². The van der Waals surface area contributed by atoms with Crippen LogP contribution in [0, 0.1) is 0 Å². The molecule has 3 nitrogen and oxygen atoms in total. The Labute approximate surface area is 158 Å². The molecule has 0 aliphatic carbocycles. The van der Waals surface area contributed by atoms with Crippen molar-refractivity contribution >= 4 is 23.5 Å². The van der Waals surface area contributed by atoms with Crippen molar-refractivity contribution in [1.82, 2.24) is 0 Å². The highest BCUT2D eigenvalue weighted by atomic mass is 35.5. The van der Waals surface area contributed by atoms with Crippen LogP contribution < -0.4 is 9.47 Å². The minimum atomic E-state index is 0.453. The third kappa shape index (κ3) is 5.11. The maximum Gasteiger partial charge on any atom is 0.128 e. The lowest BCUT2D eigenvalue weighted by atomic mass is 10.2. The smallest absolute Gasteiger partial charge is 0.128 e. The van der Waals surface area contributed by atoms with E-state index in [2.05, 4.69) is 4.99 Å². The van der Waals surface area contributed by atoms with Crippen molar-refractivity contribution in [3.05, 3.63) is 88.9 Å². The summed E-state index contributed by atoms with van der Waals surface area (Å²) in [6, 6.07) is 23.2. The zero-order valence-electron chi connectivity index (χ0n) is 14.6. The standard InChI is InChI=1S/C22H20ClNO2/c1-2-25-21-12-10-20(11-13-21)24-15-18-7-3-4-9-22(18)26-16-17-6-5-8-19(23)14-17/h3-15H,2,16H2,1H3. The molecule has 0 saturated heterocycles. The SMILES string of the molecule is CCOc1ccc(N=Cc2ccccc2OCc2cccc(Cl)c2)cc1. The van der Waals surface area contributed by atoms with E-state index < -0.39 is 0 Å². The number of rotatable bonds is 7. The molecule has 0 amide bonds. The third-order valence-corrected chi connectivity index (χ3v) is 3.94. The summed E-state index contributed by atoms with van der Waals surface area (Å²) in [4.78, 5) is 4.53. The van der Waals surface area contributed by atoms with E-state index >= 15 is 0 Å². The summed E-state index contributed by atoms with van der Waals surface area (Å²) in [7, 11) is 0. The average molecular weight is 366 g/mol. The quantitative estimate of drug-likeness (QED) is 0.476.